The van der Waals surface area contributed by atoms with Crippen molar-refractivity contribution < 1.29 is 23.7 Å². The number of rotatable bonds is 7. The van der Waals surface area contributed by atoms with Crippen LogP contribution in [0.4, 0.5) is 16.0 Å². The quantitative estimate of drug-likeness (QED) is 0.278. The van der Waals surface area contributed by atoms with Crippen molar-refractivity contribution in [3.63, 3.8) is 0 Å². The summed E-state index contributed by atoms with van der Waals surface area (Å²) in [4.78, 5) is 13.0. The molecule has 2 aliphatic heterocycles. The van der Waals surface area contributed by atoms with Crippen molar-refractivity contribution in [1.29, 1.82) is 0 Å². The third-order valence-corrected chi connectivity index (χ3v) is 7.42. The van der Waals surface area contributed by atoms with Gasteiger partial charge in [0, 0.05) is 36.5 Å². The van der Waals surface area contributed by atoms with Gasteiger partial charge in [-0.1, -0.05) is 0 Å². The largest absolute Gasteiger partial charge is 0.491 e. The third-order valence-electron chi connectivity index (χ3n) is 7.42. The molecule has 0 aliphatic carbocycles. The zero-order valence-corrected chi connectivity index (χ0v) is 21.5. The fourth-order valence-corrected chi connectivity index (χ4v) is 5.13. The zero-order valence-electron chi connectivity index (χ0n) is 21.5. The second kappa shape index (κ2) is 9.70. The normalized spacial score (nSPS) is 23.1. The number of hydrogen-bond donors (Lipinski definition) is 3. The van der Waals surface area contributed by atoms with Gasteiger partial charge >= 0.3 is 0 Å². The van der Waals surface area contributed by atoms with Gasteiger partial charge in [-0.25, -0.2) is 19.3 Å². The molecule has 2 aliphatic rings. The highest BCUT2D eigenvalue weighted by Gasteiger charge is 2.46. The van der Waals surface area contributed by atoms with E-state index in [2.05, 4.69) is 25.4 Å². The predicted octanol–water partition coefficient (Wildman–Crippen LogP) is 2.71. The standard InChI is InChI=1S/C27H27FN8O4/c1-30-21-5-3-14-2-4-16(8-19(14)33-21)39-12-20-24(37)23(28)27(40-20)35-9-17(22-25(29)31-13-32-26(22)35)18-6-7-36(34-18)15-10-38-11-15/h2-9,13,15,20,23-24,27,37H,10-12H2,1H3,(H,30,33)(H2,29,31,32)/t20-,23+,24-,27-/m1/s1. The number of pyridine rings is 1. The van der Waals surface area contributed by atoms with Gasteiger partial charge in [0.15, 0.2) is 12.4 Å². The monoisotopic (exact) mass is 546 g/mol. The van der Waals surface area contributed by atoms with E-state index < -0.39 is 24.6 Å². The Morgan fingerprint density at radius 1 is 1.20 bits per heavy atom. The minimum absolute atomic E-state index is 0.0631. The van der Waals surface area contributed by atoms with Crippen molar-refractivity contribution in [2.75, 3.05) is 37.9 Å². The summed E-state index contributed by atoms with van der Waals surface area (Å²) in [5.74, 6) is 1.50. The van der Waals surface area contributed by atoms with Crippen LogP contribution in [0.25, 0.3) is 33.2 Å². The van der Waals surface area contributed by atoms with E-state index in [4.69, 9.17) is 19.9 Å². The molecule has 0 unspecified atom stereocenters. The third kappa shape index (κ3) is 4.10. The molecule has 4 atom stereocenters. The fourth-order valence-electron chi connectivity index (χ4n) is 5.13. The van der Waals surface area contributed by atoms with E-state index in [0.29, 0.717) is 41.3 Å². The zero-order chi connectivity index (χ0) is 27.4. The molecule has 206 valence electrons. The number of nitrogens with two attached hydrogens (primary N) is 1. The second-order valence-corrected chi connectivity index (χ2v) is 9.89. The Bertz CT molecular complexity index is 1700. The summed E-state index contributed by atoms with van der Waals surface area (Å²) in [6.07, 6.45) is -0.366. The van der Waals surface area contributed by atoms with Crippen molar-refractivity contribution in [2.45, 2.75) is 30.6 Å². The minimum Gasteiger partial charge on any atom is -0.491 e. The van der Waals surface area contributed by atoms with Crippen LogP contribution in [0.5, 0.6) is 5.75 Å². The molecule has 0 amide bonds. The Morgan fingerprint density at radius 2 is 2.05 bits per heavy atom. The molecule has 7 rings (SSSR count). The molecule has 2 fully saturated rings. The number of aliphatic hydroxyl groups excluding tert-OH is 1. The summed E-state index contributed by atoms with van der Waals surface area (Å²) < 4.78 is 36.1. The lowest BCUT2D eigenvalue weighted by atomic mass is 10.1. The van der Waals surface area contributed by atoms with Crippen molar-refractivity contribution in [3.05, 3.63) is 55.1 Å². The van der Waals surface area contributed by atoms with E-state index in [1.54, 1.807) is 29.9 Å². The SMILES string of the molecule is CNc1ccc2ccc(OC[C@H]3O[C@@H](n4cc(-c5ccn(C6COC6)n5)c5c(N)ncnc54)[C@@H](F)[C@@H]3O)cc2n1. The van der Waals surface area contributed by atoms with Crippen LogP contribution >= 0.6 is 0 Å². The van der Waals surface area contributed by atoms with Crippen LogP contribution < -0.4 is 15.8 Å². The molecule has 1 aromatic carbocycles. The number of ether oxygens (including phenoxy) is 3. The highest BCUT2D eigenvalue weighted by atomic mass is 19.1. The van der Waals surface area contributed by atoms with E-state index in [-0.39, 0.29) is 18.5 Å². The topological polar surface area (TPSA) is 147 Å². The average Bonchev–Trinajstić information content (AvgIpc) is 3.63. The van der Waals surface area contributed by atoms with Gasteiger partial charge in [0.2, 0.25) is 0 Å². The Labute approximate surface area is 227 Å². The minimum atomic E-state index is -1.74. The van der Waals surface area contributed by atoms with Crippen molar-refractivity contribution >= 4 is 33.6 Å². The maximum absolute atomic E-state index is 15.6. The maximum Gasteiger partial charge on any atom is 0.173 e. The highest BCUT2D eigenvalue weighted by Crippen LogP contribution is 2.39. The number of nitrogens with zero attached hydrogens (tertiary/aromatic N) is 6. The Balaban J connectivity index is 1.15. The number of aromatic nitrogens is 6. The van der Waals surface area contributed by atoms with Gasteiger partial charge in [0.1, 0.15) is 48.2 Å². The number of nitrogen functional groups attached to an aromatic ring is 1. The van der Waals surface area contributed by atoms with Crippen molar-refractivity contribution in [3.8, 4) is 17.0 Å². The highest BCUT2D eigenvalue weighted by molar-refractivity contribution is 5.99. The number of benzene rings is 1. The first-order valence-corrected chi connectivity index (χ1v) is 12.9. The summed E-state index contributed by atoms with van der Waals surface area (Å²) in [7, 11) is 1.80. The van der Waals surface area contributed by atoms with Crippen LogP contribution in [0.15, 0.2) is 55.1 Å². The maximum atomic E-state index is 15.6. The number of halogens is 1. The van der Waals surface area contributed by atoms with Gasteiger partial charge in [-0.05, 0) is 30.3 Å². The number of aliphatic hydroxyl groups is 1. The molecular formula is C27H27FN8O4. The summed E-state index contributed by atoms with van der Waals surface area (Å²) >= 11 is 0. The van der Waals surface area contributed by atoms with Gasteiger partial charge in [0.25, 0.3) is 0 Å². The van der Waals surface area contributed by atoms with E-state index in [1.807, 2.05) is 35.1 Å². The lowest BCUT2D eigenvalue weighted by Crippen LogP contribution is -2.32. The average molecular weight is 547 g/mol. The lowest BCUT2D eigenvalue weighted by Gasteiger charge is -2.25. The summed E-state index contributed by atoms with van der Waals surface area (Å²) in [6, 6.07) is 11.4. The number of fused-ring (bicyclic) bond motifs is 2. The van der Waals surface area contributed by atoms with E-state index in [1.165, 1.54) is 6.33 Å². The van der Waals surface area contributed by atoms with Crippen molar-refractivity contribution in [2.24, 2.45) is 0 Å². The van der Waals surface area contributed by atoms with Crippen LogP contribution in [0.1, 0.15) is 12.3 Å². The predicted molar refractivity (Wildman–Crippen MR) is 145 cm³/mol. The molecule has 4 N–H and O–H groups in total. The Hall–Kier alpha value is -4.33. The van der Waals surface area contributed by atoms with Gasteiger partial charge < -0.3 is 34.9 Å². The smallest absolute Gasteiger partial charge is 0.173 e. The summed E-state index contributed by atoms with van der Waals surface area (Å²) in [5, 5.41) is 19.9. The van der Waals surface area contributed by atoms with Crippen LogP contribution in [0.3, 0.4) is 0 Å². The van der Waals surface area contributed by atoms with E-state index >= 15 is 4.39 Å². The van der Waals surface area contributed by atoms with Crippen LogP contribution in [-0.2, 0) is 9.47 Å². The van der Waals surface area contributed by atoms with Gasteiger partial charge in [-0.2, -0.15) is 5.10 Å². The number of nitrogens with one attached hydrogen (secondary N) is 1. The molecule has 13 heteroatoms. The summed E-state index contributed by atoms with van der Waals surface area (Å²) in [6.45, 7) is 1.13. The number of hydrogen-bond acceptors (Lipinski definition) is 10. The molecule has 12 nitrogen and oxygen atoms in total. The number of alkyl halides is 1. The molecule has 0 bridgehead atoms. The molecule has 0 spiro atoms. The summed E-state index contributed by atoms with van der Waals surface area (Å²) in [5.41, 5.74) is 8.64. The molecule has 0 radical (unpaired) electrons. The molecule has 40 heavy (non-hydrogen) atoms. The van der Waals surface area contributed by atoms with Gasteiger partial charge in [-0.15, -0.1) is 0 Å². The first kappa shape index (κ1) is 24.7. The molecule has 5 aromatic rings. The van der Waals surface area contributed by atoms with E-state index in [0.717, 1.165) is 16.7 Å². The van der Waals surface area contributed by atoms with Crippen LogP contribution in [0.2, 0.25) is 0 Å². The Kier molecular flexibility index (Phi) is 5.99. The Morgan fingerprint density at radius 3 is 2.85 bits per heavy atom. The van der Waals surface area contributed by atoms with Gasteiger partial charge in [0.05, 0.1) is 35.9 Å². The van der Waals surface area contributed by atoms with Crippen molar-refractivity contribution in [1.82, 2.24) is 29.3 Å². The lowest BCUT2D eigenvalue weighted by molar-refractivity contribution is -0.0410. The first-order chi connectivity index (χ1) is 19.5. The molecular weight excluding hydrogens is 519 g/mol. The van der Waals surface area contributed by atoms with Crippen LogP contribution in [0, 0.1) is 0 Å². The number of anilines is 2. The molecule has 4 aromatic heterocycles. The fraction of sp³-hybridized carbons (Fsp3) is 0.333. The molecule has 0 saturated carbocycles. The van der Waals surface area contributed by atoms with E-state index in [9.17, 15) is 5.11 Å². The molecule has 6 heterocycles. The second-order valence-electron chi connectivity index (χ2n) is 9.89. The first-order valence-electron chi connectivity index (χ1n) is 12.9. The van der Waals surface area contributed by atoms with Crippen LogP contribution in [-0.4, -0.2) is 79.7 Å². The molecule has 2 saturated heterocycles. The van der Waals surface area contributed by atoms with Gasteiger partial charge in [-0.3, -0.25) is 4.68 Å².